The lowest BCUT2D eigenvalue weighted by Crippen LogP contribution is -2.42. The topological polar surface area (TPSA) is 105 Å². The summed E-state index contributed by atoms with van der Waals surface area (Å²) in [6.07, 6.45) is 6.08. The van der Waals surface area contributed by atoms with Crippen molar-refractivity contribution < 1.29 is 23.1 Å². The first-order valence-electron chi connectivity index (χ1n) is 10.0. The van der Waals surface area contributed by atoms with Gasteiger partial charge in [-0.25, -0.2) is 13.1 Å². The van der Waals surface area contributed by atoms with Crippen molar-refractivity contribution in [2.75, 3.05) is 25.4 Å². The van der Waals surface area contributed by atoms with Crippen LogP contribution in [-0.4, -0.2) is 51.0 Å². The SMILES string of the molecule is CCS(=O)(=O)N[C@@H](Cc1ccc(OCCCCC2CCNCC2)cc1)C(=O)O. The molecule has 1 heterocycles. The van der Waals surface area contributed by atoms with Crippen LogP contribution in [0.15, 0.2) is 24.3 Å². The number of carboxylic acid groups (broad SMARTS) is 1. The number of benzene rings is 1. The summed E-state index contributed by atoms with van der Waals surface area (Å²) in [5.41, 5.74) is 0.740. The number of nitrogens with one attached hydrogen (secondary N) is 2. The Morgan fingerprint density at radius 2 is 1.93 bits per heavy atom. The molecule has 0 aromatic heterocycles. The number of hydrogen-bond donors (Lipinski definition) is 3. The van der Waals surface area contributed by atoms with Crippen LogP contribution in [0.1, 0.15) is 44.6 Å². The molecule has 1 aromatic rings. The van der Waals surface area contributed by atoms with Crippen LogP contribution < -0.4 is 14.8 Å². The molecule has 158 valence electrons. The molecule has 0 radical (unpaired) electrons. The Morgan fingerprint density at radius 3 is 2.54 bits per heavy atom. The molecule has 1 saturated heterocycles. The summed E-state index contributed by atoms with van der Waals surface area (Å²) in [4.78, 5) is 11.3. The van der Waals surface area contributed by atoms with Gasteiger partial charge in [-0.1, -0.05) is 18.6 Å². The normalized spacial score (nSPS) is 16.6. The molecule has 2 rings (SSSR count). The average Bonchev–Trinajstić information content (AvgIpc) is 2.69. The van der Waals surface area contributed by atoms with Gasteiger partial charge in [0.2, 0.25) is 10.0 Å². The highest BCUT2D eigenvalue weighted by molar-refractivity contribution is 7.89. The number of unbranched alkanes of at least 4 members (excludes halogenated alkanes) is 1. The van der Waals surface area contributed by atoms with Gasteiger partial charge in [0.1, 0.15) is 11.8 Å². The van der Waals surface area contributed by atoms with Crippen molar-refractivity contribution in [3.8, 4) is 5.75 Å². The Labute approximate surface area is 167 Å². The first-order chi connectivity index (χ1) is 13.4. The number of carboxylic acids is 1. The lowest BCUT2D eigenvalue weighted by atomic mass is 9.93. The first-order valence-corrected chi connectivity index (χ1v) is 11.7. The third-order valence-electron chi connectivity index (χ3n) is 5.10. The highest BCUT2D eigenvalue weighted by Gasteiger charge is 2.23. The molecule has 1 fully saturated rings. The predicted octanol–water partition coefficient (Wildman–Crippen LogP) is 2.17. The fraction of sp³-hybridized carbons (Fsp3) is 0.650. The quantitative estimate of drug-likeness (QED) is 0.455. The standard InChI is InChI=1S/C20H32N2O5S/c1-2-28(25,26)22-19(20(23)24)15-17-6-8-18(9-7-17)27-14-4-3-5-16-10-12-21-13-11-16/h6-9,16,19,21-22H,2-5,10-15H2,1H3,(H,23,24)/t19-/m0/s1. The molecule has 0 amide bonds. The van der Waals surface area contributed by atoms with Crippen molar-refractivity contribution in [3.05, 3.63) is 29.8 Å². The van der Waals surface area contributed by atoms with Crippen molar-refractivity contribution in [1.82, 2.24) is 10.0 Å². The third kappa shape index (κ3) is 8.16. The number of rotatable bonds is 12. The maximum absolute atomic E-state index is 11.6. The minimum Gasteiger partial charge on any atom is -0.494 e. The van der Waals surface area contributed by atoms with Gasteiger partial charge in [0, 0.05) is 0 Å². The Morgan fingerprint density at radius 1 is 1.25 bits per heavy atom. The summed E-state index contributed by atoms with van der Waals surface area (Å²) in [6.45, 7) is 4.41. The summed E-state index contributed by atoms with van der Waals surface area (Å²) in [6, 6.07) is 5.98. The molecule has 28 heavy (non-hydrogen) atoms. The number of piperidine rings is 1. The zero-order valence-electron chi connectivity index (χ0n) is 16.5. The molecule has 1 aliphatic heterocycles. The lowest BCUT2D eigenvalue weighted by molar-refractivity contribution is -0.138. The Bertz CT molecular complexity index is 700. The molecule has 7 nitrogen and oxygen atoms in total. The van der Waals surface area contributed by atoms with Crippen molar-refractivity contribution in [3.63, 3.8) is 0 Å². The Hall–Kier alpha value is -1.64. The highest BCUT2D eigenvalue weighted by Crippen LogP contribution is 2.19. The Kier molecular flexibility index (Phi) is 9.21. The smallest absolute Gasteiger partial charge is 0.322 e. The van der Waals surface area contributed by atoms with E-state index in [1.54, 1.807) is 24.3 Å². The molecular formula is C20H32N2O5S. The van der Waals surface area contributed by atoms with Gasteiger partial charge < -0.3 is 15.2 Å². The molecule has 0 unspecified atom stereocenters. The second kappa shape index (κ2) is 11.4. The van der Waals surface area contributed by atoms with Gasteiger partial charge in [-0.05, 0) is 75.7 Å². The van der Waals surface area contributed by atoms with Crippen LogP contribution in [0.3, 0.4) is 0 Å². The minimum atomic E-state index is -3.58. The summed E-state index contributed by atoms with van der Waals surface area (Å²) in [5, 5.41) is 12.6. The fourth-order valence-electron chi connectivity index (χ4n) is 3.33. The summed E-state index contributed by atoms with van der Waals surface area (Å²) in [7, 11) is -3.58. The largest absolute Gasteiger partial charge is 0.494 e. The van der Waals surface area contributed by atoms with Crippen LogP contribution in [0, 0.1) is 5.92 Å². The van der Waals surface area contributed by atoms with E-state index in [0.29, 0.717) is 6.61 Å². The van der Waals surface area contributed by atoms with Gasteiger partial charge in [0.05, 0.1) is 12.4 Å². The number of ether oxygens (including phenoxy) is 1. The number of aliphatic carboxylic acids is 1. The van der Waals surface area contributed by atoms with Crippen LogP contribution in [0.4, 0.5) is 0 Å². The van der Waals surface area contributed by atoms with E-state index in [0.717, 1.165) is 36.7 Å². The molecule has 1 atom stereocenters. The maximum Gasteiger partial charge on any atom is 0.322 e. The summed E-state index contributed by atoms with van der Waals surface area (Å²) >= 11 is 0. The molecular weight excluding hydrogens is 380 g/mol. The van der Waals surface area contributed by atoms with Gasteiger partial charge in [-0.3, -0.25) is 4.79 Å². The molecule has 0 saturated carbocycles. The molecule has 0 spiro atoms. The second-order valence-corrected chi connectivity index (χ2v) is 9.34. The van der Waals surface area contributed by atoms with Gasteiger partial charge >= 0.3 is 5.97 Å². The summed E-state index contributed by atoms with van der Waals surface area (Å²) in [5.74, 6) is 0.242. The molecule has 1 aromatic carbocycles. The zero-order valence-corrected chi connectivity index (χ0v) is 17.3. The number of carbonyl (C=O) groups is 1. The first kappa shape index (κ1) is 22.6. The van der Waals surface area contributed by atoms with Crippen molar-refractivity contribution in [1.29, 1.82) is 0 Å². The van der Waals surface area contributed by atoms with Gasteiger partial charge in [0.25, 0.3) is 0 Å². The van der Waals surface area contributed by atoms with Crippen LogP contribution in [0.25, 0.3) is 0 Å². The van der Waals surface area contributed by atoms with E-state index in [2.05, 4.69) is 10.0 Å². The molecule has 8 heteroatoms. The number of sulfonamides is 1. The van der Waals surface area contributed by atoms with E-state index in [4.69, 9.17) is 4.74 Å². The van der Waals surface area contributed by atoms with Gasteiger partial charge in [-0.15, -0.1) is 0 Å². The Balaban J connectivity index is 1.73. The molecule has 0 bridgehead atoms. The van der Waals surface area contributed by atoms with Gasteiger partial charge in [0.15, 0.2) is 0 Å². The lowest BCUT2D eigenvalue weighted by Gasteiger charge is -2.22. The highest BCUT2D eigenvalue weighted by atomic mass is 32.2. The predicted molar refractivity (Wildman–Crippen MR) is 109 cm³/mol. The van der Waals surface area contributed by atoms with Crippen LogP contribution in [0.5, 0.6) is 5.75 Å². The van der Waals surface area contributed by atoms with Crippen LogP contribution >= 0.6 is 0 Å². The van der Waals surface area contributed by atoms with E-state index < -0.39 is 22.0 Å². The van der Waals surface area contributed by atoms with E-state index in [-0.39, 0.29) is 12.2 Å². The van der Waals surface area contributed by atoms with E-state index >= 15 is 0 Å². The minimum absolute atomic E-state index is 0.0884. The van der Waals surface area contributed by atoms with E-state index in [9.17, 15) is 18.3 Å². The van der Waals surface area contributed by atoms with Crippen molar-refractivity contribution in [2.45, 2.75) is 51.5 Å². The zero-order chi connectivity index (χ0) is 20.4. The molecule has 1 aliphatic rings. The van der Waals surface area contributed by atoms with Crippen molar-refractivity contribution >= 4 is 16.0 Å². The van der Waals surface area contributed by atoms with Crippen molar-refractivity contribution in [2.24, 2.45) is 5.92 Å². The van der Waals surface area contributed by atoms with E-state index in [1.165, 1.54) is 32.6 Å². The average molecular weight is 413 g/mol. The molecule has 0 aliphatic carbocycles. The van der Waals surface area contributed by atoms with Crippen LogP contribution in [-0.2, 0) is 21.2 Å². The second-order valence-electron chi connectivity index (χ2n) is 7.30. The summed E-state index contributed by atoms with van der Waals surface area (Å²) < 4.78 is 31.2. The van der Waals surface area contributed by atoms with Gasteiger partial charge in [-0.2, -0.15) is 0 Å². The number of hydrogen-bond acceptors (Lipinski definition) is 5. The fourth-order valence-corrected chi connectivity index (χ4v) is 4.12. The van der Waals surface area contributed by atoms with Crippen LogP contribution in [0.2, 0.25) is 0 Å². The maximum atomic E-state index is 11.6. The van der Waals surface area contributed by atoms with E-state index in [1.807, 2.05) is 0 Å². The third-order valence-corrected chi connectivity index (χ3v) is 6.50. The monoisotopic (exact) mass is 412 g/mol. The molecule has 3 N–H and O–H groups in total.